The number of hydrogen-bond acceptors (Lipinski definition) is 1. The Morgan fingerprint density at radius 2 is 2.00 bits per heavy atom. The van der Waals surface area contributed by atoms with E-state index in [0.29, 0.717) is 0 Å². The molecule has 0 saturated heterocycles. The number of fused-ring (bicyclic) bond motifs is 5. The zero-order valence-corrected chi connectivity index (χ0v) is 9.08. The molecule has 3 aliphatic carbocycles. The van der Waals surface area contributed by atoms with E-state index in [1.54, 1.807) is 6.42 Å². The molecule has 1 nitrogen and oxygen atoms in total. The Morgan fingerprint density at radius 1 is 1.36 bits per heavy atom. The molecule has 0 aromatic carbocycles. The molecule has 0 heterocycles. The smallest absolute Gasteiger partial charge is 0.0132 e. The summed E-state index contributed by atoms with van der Waals surface area (Å²) in [5.41, 5.74) is 0. The van der Waals surface area contributed by atoms with Gasteiger partial charge in [-0.2, -0.15) is 0 Å². The van der Waals surface area contributed by atoms with Gasteiger partial charge in [0.2, 0.25) is 0 Å². The lowest BCUT2D eigenvalue weighted by Gasteiger charge is -2.18. The molecule has 3 fully saturated rings. The van der Waals surface area contributed by atoms with E-state index < -0.39 is 0 Å². The van der Waals surface area contributed by atoms with E-state index in [2.05, 4.69) is 25.0 Å². The number of rotatable bonds is 4. The van der Waals surface area contributed by atoms with Gasteiger partial charge in [0, 0.05) is 6.04 Å². The van der Waals surface area contributed by atoms with Crippen LogP contribution in [-0.2, 0) is 0 Å². The van der Waals surface area contributed by atoms with Crippen LogP contribution in [0.3, 0.4) is 0 Å². The van der Waals surface area contributed by atoms with Crippen LogP contribution in [0, 0.1) is 29.6 Å². The Balaban J connectivity index is 1.69. The highest BCUT2D eigenvalue weighted by atomic mass is 14.9. The van der Waals surface area contributed by atoms with Gasteiger partial charge in [-0.1, -0.05) is 6.08 Å². The lowest BCUT2D eigenvalue weighted by atomic mass is 9.96. The van der Waals surface area contributed by atoms with Crippen LogP contribution in [0.1, 0.15) is 25.7 Å². The fraction of sp³-hybridized carbons (Fsp3) is 0.846. The summed E-state index contributed by atoms with van der Waals surface area (Å²) in [5.74, 6) is 5.42. The maximum atomic E-state index is 3.87. The van der Waals surface area contributed by atoms with Gasteiger partial charge in [0.05, 0.1) is 0 Å². The molecule has 5 atom stereocenters. The van der Waals surface area contributed by atoms with Crippen LogP contribution in [0.4, 0.5) is 0 Å². The topological polar surface area (TPSA) is 12.0 Å². The van der Waals surface area contributed by atoms with E-state index in [1.807, 2.05) is 0 Å². The molecule has 0 radical (unpaired) electrons. The first kappa shape index (κ1) is 8.96. The molecule has 0 aromatic rings. The maximum absolute atomic E-state index is 3.87. The van der Waals surface area contributed by atoms with E-state index >= 15 is 0 Å². The van der Waals surface area contributed by atoms with E-state index in [0.717, 1.165) is 42.1 Å². The van der Waals surface area contributed by atoms with Gasteiger partial charge in [-0.25, -0.2) is 0 Å². The van der Waals surface area contributed by atoms with Gasteiger partial charge in [-0.3, -0.25) is 0 Å². The van der Waals surface area contributed by atoms with Crippen molar-refractivity contribution in [1.29, 1.82) is 0 Å². The van der Waals surface area contributed by atoms with Crippen molar-refractivity contribution in [3.8, 4) is 0 Å². The monoisotopic (exact) mass is 191 g/mol. The van der Waals surface area contributed by atoms with Crippen LogP contribution < -0.4 is 5.32 Å². The summed E-state index contributed by atoms with van der Waals surface area (Å²) in [6.07, 6.45) is 7.88. The third kappa shape index (κ3) is 1.05. The molecular formula is C13H21N. The first-order valence-electron chi connectivity index (χ1n) is 6.15. The van der Waals surface area contributed by atoms with E-state index in [9.17, 15) is 0 Å². The van der Waals surface area contributed by atoms with Crippen LogP contribution in [0.15, 0.2) is 12.7 Å². The average molecular weight is 191 g/mol. The Morgan fingerprint density at radius 3 is 2.50 bits per heavy atom. The SMILES string of the molecule is C=CCC(NC)C1C2C3CCC(C3)C21. The average Bonchev–Trinajstić information content (AvgIpc) is 2.65. The molecular weight excluding hydrogens is 170 g/mol. The van der Waals surface area contributed by atoms with E-state index in [1.165, 1.54) is 12.8 Å². The molecule has 2 bridgehead atoms. The summed E-state index contributed by atoms with van der Waals surface area (Å²) in [7, 11) is 2.12. The molecule has 78 valence electrons. The molecule has 0 aliphatic heterocycles. The van der Waals surface area contributed by atoms with Gasteiger partial charge < -0.3 is 5.32 Å². The van der Waals surface area contributed by atoms with Gasteiger partial charge >= 0.3 is 0 Å². The van der Waals surface area contributed by atoms with Crippen LogP contribution in [0.2, 0.25) is 0 Å². The van der Waals surface area contributed by atoms with Crippen molar-refractivity contribution >= 4 is 0 Å². The van der Waals surface area contributed by atoms with Crippen molar-refractivity contribution in [1.82, 2.24) is 5.32 Å². The van der Waals surface area contributed by atoms with Gasteiger partial charge in [0.25, 0.3) is 0 Å². The van der Waals surface area contributed by atoms with Crippen LogP contribution >= 0.6 is 0 Å². The molecule has 0 spiro atoms. The molecule has 0 amide bonds. The highest BCUT2D eigenvalue weighted by Crippen LogP contribution is 2.70. The maximum Gasteiger partial charge on any atom is 0.0132 e. The number of hydrogen-bond donors (Lipinski definition) is 1. The molecule has 5 unspecified atom stereocenters. The van der Waals surface area contributed by atoms with E-state index in [-0.39, 0.29) is 0 Å². The normalized spacial score (nSPS) is 50.2. The summed E-state index contributed by atoms with van der Waals surface area (Å²) < 4.78 is 0. The second kappa shape index (κ2) is 3.10. The standard InChI is InChI=1S/C13H21N/c1-3-4-10(14-2)13-11-8-5-6-9(7-8)12(11)13/h3,8-14H,1,4-7H2,2H3. The van der Waals surface area contributed by atoms with Crippen LogP contribution in [0.25, 0.3) is 0 Å². The minimum Gasteiger partial charge on any atom is -0.316 e. The summed E-state index contributed by atoms with van der Waals surface area (Å²) in [4.78, 5) is 0. The largest absolute Gasteiger partial charge is 0.316 e. The Labute approximate surface area is 87.0 Å². The predicted octanol–water partition coefficient (Wildman–Crippen LogP) is 2.44. The Hall–Kier alpha value is -0.300. The Kier molecular flexibility index (Phi) is 1.98. The minimum atomic E-state index is 0.728. The lowest BCUT2D eigenvalue weighted by Crippen LogP contribution is -2.29. The molecule has 3 rings (SSSR count). The Bertz CT molecular complexity index is 232. The van der Waals surface area contributed by atoms with Crippen molar-refractivity contribution in [2.24, 2.45) is 29.6 Å². The highest BCUT2D eigenvalue weighted by molar-refractivity contribution is 5.16. The second-order valence-corrected chi connectivity index (χ2v) is 5.48. The van der Waals surface area contributed by atoms with Gasteiger partial charge in [0.1, 0.15) is 0 Å². The molecule has 3 saturated carbocycles. The fourth-order valence-electron chi connectivity index (χ4n) is 4.58. The lowest BCUT2D eigenvalue weighted by molar-refractivity contribution is 0.380. The van der Waals surface area contributed by atoms with Crippen molar-refractivity contribution in [2.45, 2.75) is 31.7 Å². The third-order valence-corrected chi connectivity index (χ3v) is 5.05. The van der Waals surface area contributed by atoms with Gasteiger partial charge in [-0.05, 0) is 62.3 Å². The van der Waals surface area contributed by atoms with Crippen LogP contribution in [0.5, 0.6) is 0 Å². The predicted molar refractivity (Wildman–Crippen MR) is 59.0 cm³/mol. The first-order valence-corrected chi connectivity index (χ1v) is 6.15. The summed E-state index contributed by atoms with van der Waals surface area (Å²) in [6, 6.07) is 0.728. The molecule has 1 heteroatoms. The van der Waals surface area contributed by atoms with Gasteiger partial charge in [0.15, 0.2) is 0 Å². The third-order valence-electron chi connectivity index (χ3n) is 5.05. The van der Waals surface area contributed by atoms with Crippen LogP contribution in [-0.4, -0.2) is 13.1 Å². The molecule has 1 N–H and O–H groups in total. The molecule has 3 aliphatic rings. The van der Waals surface area contributed by atoms with Crippen molar-refractivity contribution in [3.63, 3.8) is 0 Å². The number of nitrogens with one attached hydrogen (secondary N) is 1. The molecule has 14 heavy (non-hydrogen) atoms. The summed E-state index contributed by atoms with van der Waals surface area (Å²) in [6.45, 7) is 3.87. The zero-order chi connectivity index (χ0) is 9.71. The van der Waals surface area contributed by atoms with Crippen molar-refractivity contribution < 1.29 is 0 Å². The highest BCUT2D eigenvalue weighted by Gasteiger charge is 2.66. The fourth-order valence-corrected chi connectivity index (χ4v) is 4.58. The van der Waals surface area contributed by atoms with Gasteiger partial charge in [-0.15, -0.1) is 6.58 Å². The quantitative estimate of drug-likeness (QED) is 0.673. The van der Waals surface area contributed by atoms with Crippen molar-refractivity contribution in [3.05, 3.63) is 12.7 Å². The summed E-state index contributed by atoms with van der Waals surface area (Å²) >= 11 is 0. The second-order valence-electron chi connectivity index (χ2n) is 5.48. The molecule has 0 aromatic heterocycles. The van der Waals surface area contributed by atoms with E-state index in [4.69, 9.17) is 0 Å². The zero-order valence-electron chi connectivity index (χ0n) is 9.08. The first-order chi connectivity index (χ1) is 6.86. The minimum absolute atomic E-state index is 0.728. The van der Waals surface area contributed by atoms with Crippen molar-refractivity contribution in [2.75, 3.05) is 7.05 Å². The summed E-state index contributed by atoms with van der Waals surface area (Å²) in [5, 5.41) is 3.49.